The van der Waals surface area contributed by atoms with E-state index in [-0.39, 0.29) is 6.04 Å². The minimum Gasteiger partial charge on any atom is -0.212 e. The van der Waals surface area contributed by atoms with Crippen LogP contribution in [0, 0.1) is 5.92 Å². The molecule has 0 heterocycles. The van der Waals surface area contributed by atoms with E-state index in [2.05, 4.69) is 11.6 Å². The molecule has 0 saturated heterocycles. The molecule has 0 aromatic rings. The van der Waals surface area contributed by atoms with Crippen molar-refractivity contribution in [3.63, 3.8) is 0 Å². The van der Waals surface area contributed by atoms with Crippen molar-refractivity contribution in [2.45, 2.75) is 57.7 Å². The largest absolute Gasteiger partial charge is 0.216 e. The van der Waals surface area contributed by atoms with Crippen LogP contribution in [-0.2, 0) is 10.0 Å². The first-order valence-corrected chi connectivity index (χ1v) is 6.72. The fraction of sp³-hybridized carbons (Fsp3) is 1.00. The quantitative estimate of drug-likeness (QED) is 0.771. The van der Waals surface area contributed by atoms with Gasteiger partial charge in [-0.15, -0.1) is 0 Å². The molecule has 0 aromatic carbocycles. The smallest absolute Gasteiger partial charge is 0.212 e. The van der Waals surface area contributed by atoms with Crippen molar-refractivity contribution in [1.29, 1.82) is 0 Å². The van der Waals surface area contributed by atoms with Gasteiger partial charge >= 0.3 is 0 Å². The Morgan fingerprint density at radius 3 is 2.14 bits per heavy atom. The van der Waals surface area contributed by atoms with Crippen LogP contribution < -0.4 is 4.72 Å². The van der Waals surface area contributed by atoms with Crippen molar-refractivity contribution in [2.75, 3.05) is 0 Å². The second-order valence-electron chi connectivity index (χ2n) is 5.35. The molecule has 0 aliphatic heterocycles. The minimum absolute atomic E-state index is 0.161. The molecule has 0 spiro atoms. The lowest BCUT2D eigenvalue weighted by molar-refractivity contribution is 0.513. The highest BCUT2D eigenvalue weighted by molar-refractivity contribution is 7.90. The molecule has 2 atom stereocenters. The van der Waals surface area contributed by atoms with Crippen LogP contribution in [0.4, 0.5) is 0 Å². The number of hydrogen-bond donors (Lipinski definition) is 1. The molecule has 1 saturated carbocycles. The minimum atomic E-state index is -3.15. The highest BCUT2D eigenvalue weighted by atomic mass is 32.2. The van der Waals surface area contributed by atoms with Crippen LogP contribution in [0.3, 0.4) is 0 Å². The zero-order valence-electron chi connectivity index (χ0n) is 9.50. The predicted molar refractivity (Wildman–Crippen MR) is 58.6 cm³/mol. The van der Waals surface area contributed by atoms with E-state index >= 15 is 0 Å². The van der Waals surface area contributed by atoms with Crippen molar-refractivity contribution < 1.29 is 8.42 Å². The summed E-state index contributed by atoms with van der Waals surface area (Å²) in [6, 6.07) is 0.161. The van der Waals surface area contributed by atoms with Crippen molar-refractivity contribution in [3.8, 4) is 0 Å². The van der Waals surface area contributed by atoms with E-state index in [0.717, 1.165) is 19.3 Å². The maximum absolute atomic E-state index is 11.8. The molecule has 1 aliphatic rings. The van der Waals surface area contributed by atoms with Gasteiger partial charge in [0.1, 0.15) is 0 Å². The summed E-state index contributed by atoms with van der Waals surface area (Å²) >= 11 is 0. The van der Waals surface area contributed by atoms with Crippen LogP contribution in [0.15, 0.2) is 0 Å². The van der Waals surface area contributed by atoms with E-state index in [9.17, 15) is 8.42 Å². The fourth-order valence-electron chi connectivity index (χ4n) is 1.71. The van der Waals surface area contributed by atoms with E-state index in [1.165, 1.54) is 0 Å². The first kappa shape index (κ1) is 12.0. The highest BCUT2D eigenvalue weighted by Crippen LogP contribution is 2.26. The lowest BCUT2D eigenvalue weighted by Crippen LogP contribution is -2.43. The molecule has 1 rings (SSSR count). The van der Waals surface area contributed by atoms with Crippen molar-refractivity contribution in [2.24, 2.45) is 5.92 Å². The summed E-state index contributed by atoms with van der Waals surface area (Å²) in [5, 5.41) is 0. The molecule has 0 aromatic heterocycles. The Morgan fingerprint density at radius 1 is 1.21 bits per heavy atom. The third-order valence-electron chi connectivity index (χ3n) is 2.82. The summed E-state index contributed by atoms with van der Waals surface area (Å²) in [6.07, 6.45) is 3.10. The van der Waals surface area contributed by atoms with Crippen molar-refractivity contribution in [3.05, 3.63) is 0 Å². The summed E-state index contributed by atoms with van der Waals surface area (Å²) in [5.41, 5.74) is 0. The SMILES string of the molecule is CC1CCC(NS(=O)(=O)C(C)(C)C)C1. The predicted octanol–water partition coefficient (Wildman–Crippen LogP) is 1.89. The molecule has 3 nitrogen and oxygen atoms in total. The van der Waals surface area contributed by atoms with Gasteiger partial charge in [0.2, 0.25) is 10.0 Å². The molecular weight excluding hydrogens is 198 g/mol. The van der Waals surface area contributed by atoms with Crippen molar-refractivity contribution >= 4 is 10.0 Å². The zero-order valence-corrected chi connectivity index (χ0v) is 10.3. The first-order valence-electron chi connectivity index (χ1n) is 5.24. The zero-order chi connectivity index (χ0) is 11.0. The van der Waals surface area contributed by atoms with Gasteiger partial charge in [-0.2, -0.15) is 0 Å². The number of sulfonamides is 1. The van der Waals surface area contributed by atoms with E-state index in [4.69, 9.17) is 0 Å². The lowest BCUT2D eigenvalue weighted by Gasteiger charge is -2.22. The molecule has 1 fully saturated rings. The monoisotopic (exact) mass is 219 g/mol. The third-order valence-corrected chi connectivity index (χ3v) is 5.08. The lowest BCUT2D eigenvalue weighted by atomic mass is 10.1. The van der Waals surface area contributed by atoms with E-state index in [1.807, 2.05) is 0 Å². The topological polar surface area (TPSA) is 46.2 Å². The Kier molecular flexibility index (Phi) is 3.26. The standard InChI is InChI=1S/C10H21NO2S/c1-8-5-6-9(7-8)11-14(12,13)10(2,3)4/h8-9,11H,5-7H2,1-4H3. The van der Waals surface area contributed by atoms with Gasteiger partial charge < -0.3 is 0 Å². The Morgan fingerprint density at radius 2 is 1.79 bits per heavy atom. The van der Waals surface area contributed by atoms with Gasteiger partial charge in [0.05, 0.1) is 4.75 Å². The fourth-order valence-corrected chi connectivity index (χ4v) is 2.72. The van der Waals surface area contributed by atoms with Gasteiger partial charge in [-0.1, -0.05) is 6.92 Å². The molecule has 14 heavy (non-hydrogen) atoms. The average molecular weight is 219 g/mol. The normalized spacial score (nSPS) is 29.4. The van der Waals surface area contributed by atoms with Crippen LogP contribution in [0.5, 0.6) is 0 Å². The van der Waals surface area contributed by atoms with Gasteiger partial charge in [-0.05, 0) is 46.0 Å². The van der Waals surface area contributed by atoms with Gasteiger partial charge in [0, 0.05) is 6.04 Å². The number of hydrogen-bond acceptors (Lipinski definition) is 2. The van der Waals surface area contributed by atoms with Gasteiger partial charge in [0.25, 0.3) is 0 Å². The summed E-state index contributed by atoms with van der Waals surface area (Å²) < 4.78 is 25.7. The van der Waals surface area contributed by atoms with Gasteiger partial charge in [0.15, 0.2) is 0 Å². The molecule has 1 N–H and O–H groups in total. The van der Waals surface area contributed by atoms with Crippen LogP contribution in [0.2, 0.25) is 0 Å². The summed E-state index contributed by atoms with van der Waals surface area (Å²) in [5.74, 6) is 0.655. The third kappa shape index (κ3) is 2.70. The molecule has 1 aliphatic carbocycles. The molecule has 0 radical (unpaired) electrons. The van der Waals surface area contributed by atoms with Gasteiger partial charge in [-0.25, -0.2) is 13.1 Å². The second-order valence-corrected chi connectivity index (χ2v) is 7.82. The Balaban J connectivity index is 2.61. The Bertz CT molecular complexity index is 290. The maximum Gasteiger partial charge on any atom is 0.216 e. The van der Waals surface area contributed by atoms with Crippen LogP contribution >= 0.6 is 0 Å². The van der Waals surface area contributed by atoms with Crippen LogP contribution in [0.1, 0.15) is 47.0 Å². The molecule has 84 valence electrons. The maximum atomic E-state index is 11.8. The number of rotatable bonds is 2. The molecular formula is C10H21NO2S. The molecule has 0 amide bonds. The summed E-state index contributed by atoms with van der Waals surface area (Å²) in [4.78, 5) is 0. The second kappa shape index (κ2) is 3.81. The first-order chi connectivity index (χ1) is 6.22. The van der Waals surface area contributed by atoms with Crippen molar-refractivity contribution in [1.82, 2.24) is 4.72 Å². The van der Waals surface area contributed by atoms with E-state index in [1.54, 1.807) is 20.8 Å². The van der Waals surface area contributed by atoms with Gasteiger partial charge in [-0.3, -0.25) is 0 Å². The summed E-state index contributed by atoms with van der Waals surface area (Å²) in [7, 11) is -3.15. The molecule has 0 bridgehead atoms. The average Bonchev–Trinajstić information content (AvgIpc) is 2.31. The van der Waals surface area contributed by atoms with E-state index in [0.29, 0.717) is 5.92 Å². The van der Waals surface area contributed by atoms with Crippen LogP contribution in [0.25, 0.3) is 0 Å². The number of nitrogens with one attached hydrogen (secondary N) is 1. The molecule has 2 unspecified atom stereocenters. The highest BCUT2D eigenvalue weighted by Gasteiger charge is 2.33. The Hall–Kier alpha value is -0.0900. The Labute approximate surface area is 87.3 Å². The summed E-state index contributed by atoms with van der Waals surface area (Å²) in [6.45, 7) is 7.36. The van der Waals surface area contributed by atoms with E-state index < -0.39 is 14.8 Å². The molecule has 4 heteroatoms. The van der Waals surface area contributed by atoms with Crippen LogP contribution in [-0.4, -0.2) is 19.2 Å².